The fourth-order valence-electron chi connectivity index (χ4n) is 3.47. The van der Waals surface area contributed by atoms with Crippen LogP contribution < -0.4 is 0 Å². The Balaban J connectivity index is 2.32. The molecule has 3 heteroatoms. The first kappa shape index (κ1) is 16.0. The Bertz CT molecular complexity index is 440. The Morgan fingerprint density at radius 2 is 1.81 bits per heavy atom. The highest BCUT2D eigenvalue weighted by Crippen LogP contribution is 2.37. The molecule has 0 amide bonds. The fraction of sp³-hybridized carbons (Fsp3) is 0.611. The van der Waals surface area contributed by atoms with Crippen molar-refractivity contribution < 1.29 is 9.53 Å². The van der Waals surface area contributed by atoms with Crippen molar-refractivity contribution in [3.63, 3.8) is 0 Å². The molecule has 2 rings (SSSR count). The van der Waals surface area contributed by atoms with Gasteiger partial charge in [-0.1, -0.05) is 43.7 Å². The molecule has 1 unspecified atom stereocenters. The number of carbonyl (C=O) groups is 1. The van der Waals surface area contributed by atoms with Gasteiger partial charge in [0.1, 0.15) is 0 Å². The Morgan fingerprint density at radius 3 is 2.38 bits per heavy atom. The van der Waals surface area contributed by atoms with Crippen LogP contribution >= 0.6 is 0 Å². The van der Waals surface area contributed by atoms with Gasteiger partial charge < -0.3 is 4.74 Å². The highest BCUT2D eigenvalue weighted by Gasteiger charge is 2.39. The number of hydrogen-bond donors (Lipinski definition) is 0. The lowest BCUT2D eigenvalue weighted by molar-refractivity contribution is -0.147. The molecule has 1 fully saturated rings. The standard InChI is InChI=1S/C18H27NO2/c1-3-18(15-17(20)21-4-2,16-11-7-5-8-12-16)19-13-9-6-10-14-19/h5,7-8,11-12H,3-4,6,9-10,13-15H2,1-2H3. The van der Waals surface area contributed by atoms with E-state index in [4.69, 9.17) is 4.74 Å². The van der Waals surface area contributed by atoms with Crippen molar-refractivity contribution in [3.8, 4) is 0 Å². The molecule has 0 spiro atoms. The number of piperidine rings is 1. The molecule has 0 saturated carbocycles. The molecule has 0 N–H and O–H groups in total. The smallest absolute Gasteiger partial charge is 0.308 e. The third kappa shape index (κ3) is 3.65. The predicted molar refractivity (Wildman–Crippen MR) is 85.1 cm³/mol. The maximum Gasteiger partial charge on any atom is 0.308 e. The van der Waals surface area contributed by atoms with Crippen molar-refractivity contribution in [2.45, 2.75) is 51.5 Å². The number of nitrogens with zero attached hydrogens (tertiary/aromatic N) is 1. The molecule has 1 aromatic rings. The minimum atomic E-state index is -0.214. The molecule has 0 aliphatic carbocycles. The second-order valence-electron chi connectivity index (χ2n) is 5.78. The summed E-state index contributed by atoms with van der Waals surface area (Å²) in [5.74, 6) is -0.0891. The molecule has 0 radical (unpaired) electrons. The zero-order valence-corrected chi connectivity index (χ0v) is 13.3. The Labute approximate surface area is 128 Å². The molecule has 0 aromatic heterocycles. The van der Waals surface area contributed by atoms with Gasteiger partial charge in [0.25, 0.3) is 0 Å². The van der Waals surface area contributed by atoms with Crippen molar-refractivity contribution in [1.29, 1.82) is 0 Å². The van der Waals surface area contributed by atoms with Crippen molar-refractivity contribution in [2.75, 3.05) is 19.7 Å². The molecule has 0 bridgehead atoms. The highest BCUT2D eigenvalue weighted by atomic mass is 16.5. The topological polar surface area (TPSA) is 29.5 Å². The van der Waals surface area contributed by atoms with E-state index in [1.54, 1.807) is 0 Å². The number of carbonyl (C=O) groups excluding carboxylic acids is 1. The van der Waals surface area contributed by atoms with Crippen LogP contribution in [0.25, 0.3) is 0 Å². The summed E-state index contributed by atoms with van der Waals surface area (Å²) in [5, 5.41) is 0. The molecule has 1 aromatic carbocycles. The van der Waals surface area contributed by atoms with Crippen molar-refractivity contribution in [2.24, 2.45) is 0 Å². The van der Waals surface area contributed by atoms with E-state index in [2.05, 4.69) is 36.1 Å². The van der Waals surface area contributed by atoms with Gasteiger partial charge in [0.15, 0.2) is 0 Å². The van der Waals surface area contributed by atoms with Crippen LogP contribution in [0.2, 0.25) is 0 Å². The summed E-state index contributed by atoms with van der Waals surface area (Å²) < 4.78 is 5.25. The fourth-order valence-corrected chi connectivity index (χ4v) is 3.47. The number of benzene rings is 1. The maximum atomic E-state index is 12.2. The second kappa shape index (κ2) is 7.60. The van der Waals surface area contributed by atoms with Gasteiger partial charge in [0.2, 0.25) is 0 Å². The van der Waals surface area contributed by atoms with E-state index < -0.39 is 0 Å². The quantitative estimate of drug-likeness (QED) is 0.747. The lowest BCUT2D eigenvalue weighted by Gasteiger charge is -2.45. The van der Waals surface area contributed by atoms with Gasteiger partial charge in [0.05, 0.1) is 18.6 Å². The van der Waals surface area contributed by atoms with Crippen LogP contribution in [0.3, 0.4) is 0 Å². The van der Waals surface area contributed by atoms with Gasteiger partial charge in [-0.3, -0.25) is 9.69 Å². The Kier molecular flexibility index (Phi) is 5.80. The van der Waals surface area contributed by atoms with Gasteiger partial charge in [-0.05, 0) is 44.8 Å². The van der Waals surface area contributed by atoms with E-state index in [1.807, 2.05) is 13.0 Å². The summed E-state index contributed by atoms with van der Waals surface area (Å²) >= 11 is 0. The average Bonchev–Trinajstić information content (AvgIpc) is 2.54. The molecule has 21 heavy (non-hydrogen) atoms. The zero-order chi connectivity index (χ0) is 15.1. The Morgan fingerprint density at radius 1 is 1.14 bits per heavy atom. The molecule has 1 atom stereocenters. The van der Waals surface area contributed by atoms with E-state index >= 15 is 0 Å². The molecule has 116 valence electrons. The average molecular weight is 289 g/mol. The SMILES string of the molecule is CCOC(=O)CC(CC)(c1ccccc1)N1CCCCC1. The lowest BCUT2D eigenvalue weighted by atomic mass is 9.81. The van der Waals surface area contributed by atoms with Gasteiger partial charge in [0, 0.05) is 0 Å². The first-order valence-corrected chi connectivity index (χ1v) is 8.19. The molecule has 1 heterocycles. The molecular weight excluding hydrogens is 262 g/mol. The van der Waals surface area contributed by atoms with Crippen LogP contribution in [0.4, 0.5) is 0 Å². The Hall–Kier alpha value is -1.35. The first-order chi connectivity index (χ1) is 10.2. The largest absolute Gasteiger partial charge is 0.466 e. The van der Waals surface area contributed by atoms with Crippen molar-refractivity contribution >= 4 is 5.97 Å². The van der Waals surface area contributed by atoms with Gasteiger partial charge >= 0.3 is 5.97 Å². The van der Waals surface area contributed by atoms with E-state index in [-0.39, 0.29) is 11.5 Å². The van der Waals surface area contributed by atoms with E-state index in [9.17, 15) is 4.79 Å². The van der Waals surface area contributed by atoms with Gasteiger partial charge in [-0.25, -0.2) is 0 Å². The van der Waals surface area contributed by atoms with Crippen molar-refractivity contribution in [3.05, 3.63) is 35.9 Å². The number of hydrogen-bond acceptors (Lipinski definition) is 3. The minimum Gasteiger partial charge on any atom is -0.466 e. The van der Waals surface area contributed by atoms with Crippen LogP contribution in [0, 0.1) is 0 Å². The summed E-state index contributed by atoms with van der Waals surface area (Å²) in [6.07, 6.45) is 5.11. The molecule has 1 saturated heterocycles. The van der Waals surface area contributed by atoms with E-state index in [0.29, 0.717) is 13.0 Å². The van der Waals surface area contributed by atoms with E-state index in [1.165, 1.54) is 24.8 Å². The summed E-state index contributed by atoms with van der Waals surface area (Å²) in [7, 11) is 0. The van der Waals surface area contributed by atoms with E-state index in [0.717, 1.165) is 19.5 Å². The first-order valence-electron chi connectivity index (χ1n) is 8.19. The lowest BCUT2D eigenvalue weighted by Crippen LogP contribution is -2.49. The highest BCUT2D eigenvalue weighted by molar-refractivity contribution is 5.71. The molecule has 3 nitrogen and oxygen atoms in total. The second-order valence-corrected chi connectivity index (χ2v) is 5.78. The van der Waals surface area contributed by atoms with Crippen LogP contribution in [-0.4, -0.2) is 30.6 Å². The summed E-state index contributed by atoms with van der Waals surface area (Å²) in [5.41, 5.74) is 1.02. The van der Waals surface area contributed by atoms with Gasteiger partial charge in [-0.15, -0.1) is 0 Å². The summed E-state index contributed by atoms with van der Waals surface area (Å²) in [6.45, 7) is 6.65. The summed E-state index contributed by atoms with van der Waals surface area (Å²) in [4.78, 5) is 14.7. The molecular formula is C18H27NO2. The van der Waals surface area contributed by atoms with Crippen LogP contribution in [0.5, 0.6) is 0 Å². The zero-order valence-electron chi connectivity index (χ0n) is 13.3. The third-order valence-corrected chi connectivity index (χ3v) is 4.60. The molecule has 1 aliphatic rings. The maximum absolute atomic E-state index is 12.2. The van der Waals surface area contributed by atoms with Crippen LogP contribution in [0.15, 0.2) is 30.3 Å². The number of rotatable bonds is 6. The number of ether oxygens (including phenoxy) is 1. The van der Waals surface area contributed by atoms with Gasteiger partial charge in [-0.2, -0.15) is 0 Å². The van der Waals surface area contributed by atoms with Crippen LogP contribution in [0.1, 0.15) is 51.5 Å². The third-order valence-electron chi connectivity index (χ3n) is 4.60. The minimum absolute atomic E-state index is 0.0891. The molecule has 1 aliphatic heterocycles. The number of likely N-dealkylation sites (tertiary alicyclic amines) is 1. The van der Waals surface area contributed by atoms with Crippen LogP contribution in [-0.2, 0) is 15.1 Å². The normalized spacial score (nSPS) is 19.0. The summed E-state index contributed by atoms with van der Waals surface area (Å²) in [6, 6.07) is 10.5. The number of esters is 1. The van der Waals surface area contributed by atoms with Crippen molar-refractivity contribution in [1.82, 2.24) is 4.90 Å². The monoisotopic (exact) mass is 289 g/mol. The predicted octanol–water partition coefficient (Wildman–Crippen LogP) is 3.73.